The second-order valence-corrected chi connectivity index (χ2v) is 6.93. The molecule has 0 saturated heterocycles. The summed E-state index contributed by atoms with van der Waals surface area (Å²) >= 11 is 3.48. The van der Waals surface area contributed by atoms with E-state index in [2.05, 4.69) is 54.0 Å². The van der Waals surface area contributed by atoms with Crippen molar-refractivity contribution in [3.8, 4) is 0 Å². The Morgan fingerprint density at radius 3 is 2.00 bits per heavy atom. The first kappa shape index (κ1) is 14.1. The van der Waals surface area contributed by atoms with Crippen LogP contribution in [-0.2, 0) is 5.54 Å². The minimum atomic E-state index is -0.0783. The van der Waals surface area contributed by atoms with Crippen molar-refractivity contribution in [2.75, 3.05) is 0 Å². The van der Waals surface area contributed by atoms with E-state index in [1.807, 2.05) is 0 Å². The predicted molar refractivity (Wildman–Crippen MR) is 81.5 cm³/mol. The topological polar surface area (TPSA) is 26.0 Å². The van der Waals surface area contributed by atoms with Gasteiger partial charge in [-0.2, -0.15) is 0 Å². The molecule has 2 heteroatoms. The van der Waals surface area contributed by atoms with Crippen molar-refractivity contribution in [1.29, 1.82) is 0 Å². The van der Waals surface area contributed by atoms with Crippen LogP contribution in [0.15, 0.2) is 28.7 Å². The zero-order valence-corrected chi connectivity index (χ0v) is 13.1. The van der Waals surface area contributed by atoms with Crippen molar-refractivity contribution in [2.24, 2.45) is 11.1 Å². The third-order valence-electron chi connectivity index (χ3n) is 4.36. The summed E-state index contributed by atoms with van der Waals surface area (Å²) in [6.07, 6.45) is 7.52. The molecule has 0 atom stereocenters. The van der Waals surface area contributed by atoms with E-state index in [1.54, 1.807) is 0 Å². The maximum absolute atomic E-state index is 6.60. The maximum atomic E-state index is 6.60. The fourth-order valence-electron chi connectivity index (χ4n) is 3.81. The van der Waals surface area contributed by atoms with Gasteiger partial charge in [0, 0.05) is 10.0 Å². The highest BCUT2D eigenvalue weighted by Gasteiger charge is 2.51. The lowest BCUT2D eigenvalue weighted by Crippen LogP contribution is -2.55. The van der Waals surface area contributed by atoms with Gasteiger partial charge in [-0.3, -0.25) is 0 Å². The van der Waals surface area contributed by atoms with Gasteiger partial charge in [0.15, 0.2) is 0 Å². The van der Waals surface area contributed by atoms with Gasteiger partial charge in [0.1, 0.15) is 0 Å². The number of rotatable bonds is 5. The Bertz CT molecular complexity index is 382. The molecule has 1 aromatic carbocycles. The quantitative estimate of drug-likeness (QED) is 0.815. The van der Waals surface area contributed by atoms with Crippen LogP contribution in [-0.4, -0.2) is 0 Å². The van der Waals surface area contributed by atoms with E-state index in [0.29, 0.717) is 5.41 Å². The summed E-state index contributed by atoms with van der Waals surface area (Å²) in [6, 6.07) is 8.55. The van der Waals surface area contributed by atoms with Crippen molar-refractivity contribution in [3.05, 3.63) is 34.3 Å². The van der Waals surface area contributed by atoms with E-state index in [0.717, 1.165) is 17.3 Å². The molecule has 2 rings (SSSR count). The minimum absolute atomic E-state index is 0.0783. The van der Waals surface area contributed by atoms with Crippen LogP contribution in [0.4, 0.5) is 0 Å². The van der Waals surface area contributed by atoms with Gasteiger partial charge >= 0.3 is 0 Å². The van der Waals surface area contributed by atoms with Crippen molar-refractivity contribution in [2.45, 2.75) is 57.9 Å². The second-order valence-electron chi connectivity index (χ2n) is 6.02. The molecule has 1 saturated carbocycles. The molecular weight excluding hydrogens is 286 g/mol. The Morgan fingerprint density at radius 1 is 1.06 bits per heavy atom. The van der Waals surface area contributed by atoms with Gasteiger partial charge in [0.25, 0.3) is 0 Å². The molecule has 0 heterocycles. The van der Waals surface area contributed by atoms with Gasteiger partial charge in [-0.1, -0.05) is 54.8 Å². The van der Waals surface area contributed by atoms with Crippen LogP contribution in [0.25, 0.3) is 0 Å². The normalized spacial score (nSPS) is 20.4. The second kappa shape index (κ2) is 5.34. The third kappa shape index (κ3) is 2.65. The molecule has 1 nitrogen and oxygen atoms in total. The van der Waals surface area contributed by atoms with Gasteiger partial charge in [0.2, 0.25) is 0 Å². The van der Waals surface area contributed by atoms with Crippen molar-refractivity contribution >= 4 is 15.9 Å². The molecule has 1 aromatic rings. The van der Waals surface area contributed by atoms with Gasteiger partial charge in [0.05, 0.1) is 0 Å². The molecule has 18 heavy (non-hydrogen) atoms. The van der Waals surface area contributed by atoms with Crippen molar-refractivity contribution in [3.63, 3.8) is 0 Å². The Labute approximate surface area is 119 Å². The molecule has 0 unspecified atom stereocenters. The Balaban J connectivity index is 2.10. The first-order valence-electron chi connectivity index (χ1n) is 7.08. The molecule has 1 aliphatic carbocycles. The Kier molecular flexibility index (Phi) is 4.18. The first-order valence-corrected chi connectivity index (χ1v) is 7.88. The summed E-state index contributed by atoms with van der Waals surface area (Å²) < 4.78 is 1.13. The monoisotopic (exact) mass is 309 g/mol. The summed E-state index contributed by atoms with van der Waals surface area (Å²) in [5.74, 6) is 0. The molecule has 1 aliphatic rings. The number of nitrogens with two attached hydrogens (primary N) is 1. The van der Waals surface area contributed by atoms with Gasteiger partial charge < -0.3 is 5.73 Å². The highest BCUT2D eigenvalue weighted by molar-refractivity contribution is 9.10. The Hall–Kier alpha value is -0.340. The van der Waals surface area contributed by atoms with E-state index >= 15 is 0 Å². The fraction of sp³-hybridized carbons (Fsp3) is 0.625. The lowest BCUT2D eigenvalue weighted by Gasteiger charge is -2.55. The van der Waals surface area contributed by atoms with E-state index in [-0.39, 0.29) is 5.54 Å². The lowest BCUT2D eigenvalue weighted by molar-refractivity contribution is 0.00622. The van der Waals surface area contributed by atoms with E-state index in [1.165, 1.54) is 31.2 Å². The minimum Gasteiger partial charge on any atom is -0.321 e. The van der Waals surface area contributed by atoms with Gasteiger partial charge in [-0.05, 0) is 48.8 Å². The maximum Gasteiger partial charge on any atom is 0.0420 e. The summed E-state index contributed by atoms with van der Waals surface area (Å²) in [6.45, 7) is 4.57. The molecule has 1 fully saturated rings. The lowest BCUT2D eigenvalue weighted by atomic mass is 9.52. The molecular formula is C16H24BrN. The summed E-state index contributed by atoms with van der Waals surface area (Å²) in [5.41, 5.74) is 8.34. The van der Waals surface area contributed by atoms with Crippen LogP contribution in [0, 0.1) is 5.41 Å². The van der Waals surface area contributed by atoms with Crippen molar-refractivity contribution in [1.82, 2.24) is 0 Å². The number of benzene rings is 1. The smallest absolute Gasteiger partial charge is 0.0420 e. The standard InChI is InChI=1S/C16H24BrN/c1-3-9-15(10-4-2)11-16(18,12-15)13-5-7-14(17)8-6-13/h5-8H,3-4,9-12,18H2,1-2H3. The van der Waals surface area contributed by atoms with Crippen LogP contribution >= 0.6 is 15.9 Å². The van der Waals surface area contributed by atoms with Gasteiger partial charge in [-0.15, -0.1) is 0 Å². The predicted octanol–water partition coefficient (Wildman–Crippen LogP) is 4.98. The third-order valence-corrected chi connectivity index (χ3v) is 4.89. The highest BCUT2D eigenvalue weighted by Crippen LogP contribution is 2.57. The molecule has 0 aromatic heterocycles. The van der Waals surface area contributed by atoms with Crippen LogP contribution in [0.1, 0.15) is 57.9 Å². The molecule has 0 aliphatic heterocycles. The van der Waals surface area contributed by atoms with E-state index in [4.69, 9.17) is 5.73 Å². The molecule has 0 spiro atoms. The molecule has 2 N–H and O–H groups in total. The molecule has 0 amide bonds. The number of halogens is 1. The van der Waals surface area contributed by atoms with Crippen molar-refractivity contribution < 1.29 is 0 Å². The fourth-order valence-corrected chi connectivity index (χ4v) is 4.08. The number of hydrogen-bond acceptors (Lipinski definition) is 1. The van der Waals surface area contributed by atoms with Gasteiger partial charge in [-0.25, -0.2) is 0 Å². The SMILES string of the molecule is CCCC1(CCC)CC(N)(c2ccc(Br)cc2)C1. The summed E-state index contributed by atoms with van der Waals surface area (Å²) in [5, 5.41) is 0. The van der Waals surface area contributed by atoms with Crippen LogP contribution < -0.4 is 5.73 Å². The largest absolute Gasteiger partial charge is 0.321 e. The summed E-state index contributed by atoms with van der Waals surface area (Å²) in [7, 11) is 0. The van der Waals surface area contributed by atoms with Crippen LogP contribution in [0.2, 0.25) is 0 Å². The first-order chi connectivity index (χ1) is 8.53. The highest BCUT2D eigenvalue weighted by atomic mass is 79.9. The Morgan fingerprint density at radius 2 is 1.56 bits per heavy atom. The zero-order chi connectivity index (χ0) is 13.2. The average Bonchev–Trinajstić information content (AvgIpc) is 2.28. The molecule has 0 radical (unpaired) electrons. The van der Waals surface area contributed by atoms with Crippen LogP contribution in [0.5, 0.6) is 0 Å². The summed E-state index contributed by atoms with van der Waals surface area (Å²) in [4.78, 5) is 0. The van der Waals surface area contributed by atoms with E-state index in [9.17, 15) is 0 Å². The number of hydrogen-bond donors (Lipinski definition) is 1. The van der Waals surface area contributed by atoms with E-state index < -0.39 is 0 Å². The zero-order valence-electron chi connectivity index (χ0n) is 11.5. The van der Waals surface area contributed by atoms with Crippen LogP contribution in [0.3, 0.4) is 0 Å². The average molecular weight is 310 g/mol. The molecule has 100 valence electrons. The molecule has 0 bridgehead atoms.